The van der Waals surface area contributed by atoms with Crippen LogP contribution < -0.4 is 14.2 Å². The first-order valence-corrected chi connectivity index (χ1v) is 16.9. The minimum Gasteiger partial charge on any atom is -0.493 e. The maximum absolute atomic E-state index is 13.3. The molecule has 0 saturated carbocycles. The number of carbonyl (C=O) groups excluding carboxylic acids is 2. The maximum Gasteiger partial charge on any atom is 0.223 e. The van der Waals surface area contributed by atoms with Crippen molar-refractivity contribution in [2.45, 2.75) is 72.3 Å². The molecule has 7 nitrogen and oxygen atoms in total. The minimum atomic E-state index is -0.404. The van der Waals surface area contributed by atoms with Crippen LogP contribution in [0.15, 0.2) is 48.5 Å². The fraction of sp³-hybridized carbons (Fsp3) is 0.514. The fourth-order valence-electron chi connectivity index (χ4n) is 6.01. The highest BCUT2D eigenvalue weighted by molar-refractivity contribution is 7.14. The second-order valence-corrected chi connectivity index (χ2v) is 14.1. The number of rotatable bonds is 16. The average Bonchev–Trinajstić information content (AvgIpc) is 3.50. The van der Waals surface area contributed by atoms with E-state index in [1.165, 1.54) is 28.8 Å². The largest absolute Gasteiger partial charge is 0.493 e. The molecule has 1 aliphatic heterocycles. The van der Waals surface area contributed by atoms with Crippen molar-refractivity contribution in [3.63, 3.8) is 0 Å². The Kier molecular flexibility index (Phi) is 12.5. The van der Waals surface area contributed by atoms with Gasteiger partial charge in [-0.05, 0) is 61.8 Å². The number of hydrogen-bond acceptors (Lipinski definition) is 7. The molecule has 244 valence electrons. The van der Waals surface area contributed by atoms with Crippen LogP contribution in [0.5, 0.6) is 17.2 Å². The first kappa shape index (κ1) is 34.5. The van der Waals surface area contributed by atoms with E-state index in [1.54, 1.807) is 32.7 Å². The highest BCUT2D eigenvalue weighted by Crippen LogP contribution is 2.40. The molecule has 4 rings (SSSR count). The topological polar surface area (TPSA) is 68.3 Å². The standard InChI is InChI=1S/C37H50N2O5S/c1-27-12-14-28(15-13-27)10-8-7-9-11-30-17-19-33(45-30)31(40)24-37(2,3)25-34(41)39-22-20-38(21-23-39)26-29-16-18-32(42-4)36(44-6)35(29)43-5/h12-19H,7-11,20-26H2,1-6H3. The molecule has 3 aromatic rings. The van der Waals surface area contributed by atoms with E-state index in [0.29, 0.717) is 49.7 Å². The number of ether oxygens (including phenoxy) is 3. The van der Waals surface area contributed by atoms with Gasteiger partial charge in [0.2, 0.25) is 11.7 Å². The van der Waals surface area contributed by atoms with E-state index in [-0.39, 0.29) is 11.7 Å². The van der Waals surface area contributed by atoms with Gasteiger partial charge >= 0.3 is 0 Å². The number of benzene rings is 2. The summed E-state index contributed by atoms with van der Waals surface area (Å²) in [6, 6.07) is 16.8. The number of aryl methyl sites for hydroxylation is 3. The van der Waals surface area contributed by atoms with Crippen molar-refractivity contribution in [1.29, 1.82) is 0 Å². The zero-order chi connectivity index (χ0) is 32.4. The number of thiophene rings is 1. The molecule has 1 aromatic heterocycles. The molecule has 1 amide bonds. The smallest absolute Gasteiger partial charge is 0.223 e. The van der Waals surface area contributed by atoms with Crippen LogP contribution >= 0.6 is 11.3 Å². The lowest BCUT2D eigenvalue weighted by Crippen LogP contribution is -2.49. The summed E-state index contributed by atoms with van der Waals surface area (Å²) in [4.78, 5) is 32.8. The summed E-state index contributed by atoms with van der Waals surface area (Å²) in [5.74, 6) is 2.15. The molecule has 0 unspecified atom stereocenters. The summed E-state index contributed by atoms with van der Waals surface area (Å²) in [5, 5.41) is 0. The van der Waals surface area contributed by atoms with Crippen molar-refractivity contribution < 1.29 is 23.8 Å². The van der Waals surface area contributed by atoms with Gasteiger partial charge in [0, 0.05) is 56.0 Å². The molecule has 45 heavy (non-hydrogen) atoms. The van der Waals surface area contributed by atoms with Crippen LogP contribution in [0.25, 0.3) is 0 Å². The minimum absolute atomic E-state index is 0.119. The van der Waals surface area contributed by atoms with E-state index in [9.17, 15) is 9.59 Å². The third kappa shape index (κ3) is 9.81. The average molecular weight is 635 g/mol. The van der Waals surface area contributed by atoms with E-state index in [2.05, 4.69) is 42.2 Å². The van der Waals surface area contributed by atoms with Gasteiger partial charge in [-0.15, -0.1) is 11.3 Å². The molecule has 1 saturated heterocycles. The zero-order valence-electron chi connectivity index (χ0n) is 27.9. The lowest BCUT2D eigenvalue weighted by Gasteiger charge is -2.36. The number of hydrogen-bond donors (Lipinski definition) is 0. The SMILES string of the molecule is COc1ccc(CN2CCN(C(=O)CC(C)(C)CC(=O)c3ccc(CCCCCc4ccc(C)cc4)s3)CC2)c(OC)c1OC. The molecule has 0 radical (unpaired) electrons. The van der Waals surface area contributed by atoms with Crippen LogP contribution in [0, 0.1) is 12.3 Å². The van der Waals surface area contributed by atoms with E-state index >= 15 is 0 Å². The summed E-state index contributed by atoms with van der Waals surface area (Å²) in [7, 11) is 4.86. The lowest BCUT2D eigenvalue weighted by atomic mass is 9.83. The molecule has 8 heteroatoms. The van der Waals surface area contributed by atoms with Crippen LogP contribution in [0.2, 0.25) is 0 Å². The first-order chi connectivity index (χ1) is 21.6. The Morgan fingerprint density at radius 1 is 0.778 bits per heavy atom. The van der Waals surface area contributed by atoms with Gasteiger partial charge < -0.3 is 19.1 Å². The number of piperazine rings is 1. The molecule has 0 atom stereocenters. The summed E-state index contributed by atoms with van der Waals surface area (Å²) in [6.07, 6.45) is 6.36. The number of nitrogens with zero attached hydrogens (tertiary/aromatic N) is 2. The van der Waals surface area contributed by atoms with E-state index in [4.69, 9.17) is 14.2 Å². The molecule has 0 aliphatic carbocycles. The highest BCUT2D eigenvalue weighted by atomic mass is 32.1. The Labute approximate surface area is 273 Å². The second kappa shape index (κ2) is 16.3. The number of unbranched alkanes of at least 4 members (excludes halogenated alkanes) is 2. The monoisotopic (exact) mass is 634 g/mol. The lowest BCUT2D eigenvalue weighted by molar-refractivity contribution is -0.135. The van der Waals surface area contributed by atoms with Gasteiger partial charge in [0.25, 0.3) is 0 Å². The summed E-state index contributed by atoms with van der Waals surface area (Å²) in [6.45, 7) is 9.75. The van der Waals surface area contributed by atoms with Crippen LogP contribution in [-0.2, 0) is 24.2 Å². The van der Waals surface area contributed by atoms with E-state index in [1.807, 2.05) is 36.9 Å². The third-order valence-electron chi connectivity index (χ3n) is 8.62. The van der Waals surface area contributed by atoms with Gasteiger partial charge in [-0.1, -0.05) is 56.2 Å². The summed E-state index contributed by atoms with van der Waals surface area (Å²) >= 11 is 1.62. The number of amides is 1. The van der Waals surface area contributed by atoms with Crippen LogP contribution in [-0.4, -0.2) is 69.0 Å². The van der Waals surface area contributed by atoms with Crippen molar-refractivity contribution in [3.8, 4) is 17.2 Å². The Morgan fingerprint density at radius 3 is 2.13 bits per heavy atom. The van der Waals surface area contributed by atoms with Gasteiger partial charge in [0.05, 0.1) is 26.2 Å². The Morgan fingerprint density at radius 2 is 1.47 bits per heavy atom. The van der Waals surface area contributed by atoms with Crippen molar-refractivity contribution in [1.82, 2.24) is 9.80 Å². The zero-order valence-corrected chi connectivity index (χ0v) is 28.8. The van der Waals surface area contributed by atoms with Crippen molar-refractivity contribution >= 4 is 23.0 Å². The number of carbonyl (C=O) groups is 2. The van der Waals surface area contributed by atoms with E-state index in [0.717, 1.165) is 42.8 Å². The van der Waals surface area contributed by atoms with Gasteiger partial charge in [-0.2, -0.15) is 0 Å². The molecule has 0 N–H and O–H groups in total. The fourth-order valence-corrected chi connectivity index (χ4v) is 7.00. The van der Waals surface area contributed by atoms with Gasteiger partial charge in [-0.25, -0.2) is 0 Å². The molecule has 1 aliphatic rings. The van der Waals surface area contributed by atoms with Crippen LogP contribution in [0.3, 0.4) is 0 Å². The predicted octanol–water partition coefficient (Wildman–Crippen LogP) is 7.37. The molecule has 0 spiro atoms. The van der Waals surface area contributed by atoms with Gasteiger partial charge in [0.15, 0.2) is 17.3 Å². The van der Waals surface area contributed by atoms with Gasteiger partial charge in [0.1, 0.15) is 0 Å². The normalized spacial score (nSPS) is 14.0. The van der Waals surface area contributed by atoms with Crippen LogP contribution in [0.1, 0.15) is 77.2 Å². The molecular weight excluding hydrogens is 584 g/mol. The van der Waals surface area contributed by atoms with Crippen molar-refractivity contribution in [3.05, 3.63) is 75.0 Å². The number of methoxy groups -OCH3 is 3. The van der Waals surface area contributed by atoms with Crippen molar-refractivity contribution in [2.24, 2.45) is 5.41 Å². The highest BCUT2D eigenvalue weighted by Gasteiger charge is 2.30. The predicted molar refractivity (Wildman–Crippen MR) is 182 cm³/mol. The molecule has 2 aromatic carbocycles. The Hall–Kier alpha value is -3.36. The van der Waals surface area contributed by atoms with Crippen LogP contribution in [0.4, 0.5) is 0 Å². The molecule has 2 heterocycles. The summed E-state index contributed by atoms with van der Waals surface area (Å²) < 4.78 is 16.6. The Balaban J connectivity index is 1.19. The maximum atomic E-state index is 13.3. The quantitative estimate of drug-likeness (QED) is 0.121. The number of ketones is 1. The Bertz CT molecular complexity index is 1410. The molecule has 1 fully saturated rings. The van der Waals surface area contributed by atoms with E-state index < -0.39 is 5.41 Å². The number of Topliss-reactive ketones (excluding diaryl/α,β-unsaturated/α-hetero) is 1. The molecular formula is C37H50N2O5S. The van der Waals surface area contributed by atoms with Crippen molar-refractivity contribution in [2.75, 3.05) is 47.5 Å². The molecule has 0 bridgehead atoms. The summed E-state index contributed by atoms with van der Waals surface area (Å²) in [5.41, 5.74) is 3.32. The second-order valence-electron chi connectivity index (χ2n) is 12.9. The van der Waals surface area contributed by atoms with Gasteiger partial charge in [-0.3, -0.25) is 14.5 Å². The third-order valence-corrected chi connectivity index (χ3v) is 9.81. The first-order valence-electron chi connectivity index (χ1n) is 16.1.